The van der Waals surface area contributed by atoms with Crippen molar-refractivity contribution < 1.29 is 9.90 Å². The van der Waals surface area contributed by atoms with Crippen LogP contribution in [-0.2, 0) is 6.54 Å². The van der Waals surface area contributed by atoms with Crippen LogP contribution in [0.3, 0.4) is 0 Å². The Labute approximate surface area is 114 Å². The minimum absolute atomic E-state index is 0.179. The summed E-state index contributed by atoms with van der Waals surface area (Å²) in [6.07, 6.45) is 6.50. The SMILES string of the molecule is CC1CCC(N(C)Cc2cccnc2C(=O)O)CC1. The Morgan fingerprint density at radius 1 is 1.42 bits per heavy atom. The third-order valence-corrected chi connectivity index (χ3v) is 4.12. The summed E-state index contributed by atoms with van der Waals surface area (Å²) in [7, 11) is 2.08. The van der Waals surface area contributed by atoms with E-state index in [1.807, 2.05) is 6.07 Å². The molecular weight excluding hydrogens is 240 g/mol. The molecule has 0 aliphatic heterocycles. The minimum atomic E-state index is -0.943. The monoisotopic (exact) mass is 262 g/mol. The Bertz CT molecular complexity index is 440. The van der Waals surface area contributed by atoms with Gasteiger partial charge >= 0.3 is 5.97 Å². The second-order valence-electron chi connectivity index (χ2n) is 5.65. The van der Waals surface area contributed by atoms with Crippen molar-refractivity contribution in [2.45, 2.75) is 45.2 Å². The number of rotatable bonds is 4. The summed E-state index contributed by atoms with van der Waals surface area (Å²) < 4.78 is 0. The number of hydrogen-bond donors (Lipinski definition) is 1. The van der Waals surface area contributed by atoms with Gasteiger partial charge in [0.2, 0.25) is 0 Å². The second kappa shape index (κ2) is 6.15. The van der Waals surface area contributed by atoms with Crippen molar-refractivity contribution in [1.29, 1.82) is 0 Å². The molecular formula is C15H22N2O2. The number of carboxylic acids is 1. The summed E-state index contributed by atoms with van der Waals surface area (Å²) in [6, 6.07) is 4.23. The van der Waals surface area contributed by atoms with E-state index >= 15 is 0 Å². The fourth-order valence-electron chi connectivity index (χ4n) is 2.84. The molecule has 1 saturated carbocycles. The van der Waals surface area contributed by atoms with Crippen LogP contribution < -0.4 is 0 Å². The predicted octanol–water partition coefficient (Wildman–Crippen LogP) is 2.79. The molecule has 1 fully saturated rings. The number of nitrogens with zero attached hydrogens (tertiary/aromatic N) is 2. The van der Waals surface area contributed by atoms with Crippen molar-refractivity contribution in [2.75, 3.05) is 7.05 Å². The third-order valence-electron chi connectivity index (χ3n) is 4.12. The lowest BCUT2D eigenvalue weighted by Crippen LogP contribution is -2.34. The Morgan fingerprint density at radius 2 is 2.11 bits per heavy atom. The summed E-state index contributed by atoms with van der Waals surface area (Å²) in [5.41, 5.74) is 0.981. The van der Waals surface area contributed by atoms with Gasteiger partial charge in [0.05, 0.1) is 0 Å². The van der Waals surface area contributed by atoms with E-state index < -0.39 is 5.97 Å². The number of hydrogen-bond acceptors (Lipinski definition) is 3. The highest BCUT2D eigenvalue weighted by Crippen LogP contribution is 2.27. The smallest absolute Gasteiger partial charge is 0.354 e. The van der Waals surface area contributed by atoms with Gasteiger partial charge in [0, 0.05) is 18.8 Å². The number of carboxylic acid groups (broad SMARTS) is 1. The van der Waals surface area contributed by atoms with Gasteiger partial charge in [-0.1, -0.05) is 13.0 Å². The molecule has 4 heteroatoms. The van der Waals surface area contributed by atoms with Gasteiger partial charge < -0.3 is 5.11 Å². The molecule has 0 saturated heterocycles. The van der Waals surface area contributed by atoms with E-state index in [0.29, 0.717) is 12.6 Å². The van der Waals surface area contributed by atoms with Crippen LogP contribution in [0, 0.1) is 5.92 Å². The van der Waals surface area contributed by atoms with E-state index in [2.05, 4.69) is 23.9 Å². The van der Waals surface area contributed by atoms with Crippen LogP contribution in [0.25, 0.3) is 0 Å². The highest BCUT2D eigenvalue weighted by atomic mass is 16.4. The van der Waals surface area contributed by atoms with Crippen LogP contribution in [-0.4, -0.2) is 34.0 Å². The molecule has 19 heavy (non-hydrogen) atoms. The molecule has 104 valence electrons. The Kier molecular flexibility index (Phi) is 4.53. The normalized spacial score (nSPS) is 23.5. The van der Waals surface area contributed by atoms with Crippen molar-refractivity contribution in [2.24, 2.45) is 5.92 Å². The second-order valence-corrected chi connectivity index (χ2v) is 5.65. The first-order chi connectivity index (χ1) is 9.08. The molecule has 1 N–H and O–H groups in total. The molecule has 2 rings (SSSR count). The Balaban J connectivity index is 2.02. The lowest BCUT2D eigenvalue weighted by Gasteiger charge is -2.33. The van der Waals surface area contributed by atoms with Crippen LogP contribution in [0.2, 0.25) is 0 Å². The van der Waals surface area contributed by atoms with Gasteiger partial charge in [-0.25, -0.2) is 9.78 Å². The van der Waals surface area contributed by atoms with Crippen LogP contribution in [0.5, 0.6) is 0 Å². The molecule has 1 aliphatic carbocycles. The van der Waals surface area contributed by atoms with E-state index in [9.17, 15) is 4.79 Å². The summed E-state index contributed by atoms with van der Waals surface area (Å²) in [6.45, 7) is 2.97. The first-order valence-corrected chi connectivity index (χ1v) is 6.95. The molecule has 0 bridgehead atoms. The zero-order valence-corrected chi connectivity index (χ0v) is 11.7. The Hall–Kier alpha value is -1.42. The lowest BCUT2D eigenvalue weighted by atomic mass is 9.86. The van der Waals surface area contributed by atoms with Gasteiger partial charge in [0.25, 0.3) is 0 Å². The predicted molar refractivity (Wildman–Crippen MR) is 74.1 cm³/mol. The topological polar surface area (TPSA) is 53.4 Å². The molecule has 0 amide bonds. The Morgan fingerprint density at radius 3 is 2.74 bits per heavy atom. The van der Waals surface area contributed by atoms with E-state index in [0.717, 1.165) is 11.5 Å². The molecule has 1 aliphatic rings. The zero-order valence-electron chi connectivity index (χ0n) is 11.7. The van der Waals surface area contributed by atoms with Gasteiger partial charge in [0.15, 0.2) is 5.69 Å². The van der Waals surface area contributed by atoms with Crippen molar-refractivity contribution in [1.82, 2.24) is 9.88 Å². The number of carbonyl (C=O) groups is 1. The average Bonchev–Trinajstić information content (AvgIpc) is 2.39. The average molecular weight is 262 g/mol. The number of aromatic carboxylic acids is 1. The van der Waals surface area contributed by atoms with Crippen molar-refractivity contribution in [3.05, 3.63) is 29.6 Å². The minimum Gasteiger partial charge on any atom is -0.477 e. The summed E-state index contributed by atoms with van der Waals surface area (Å²) in [4.78, 5) is 17.4. The number of aromatic nitrogens is 1. The molecule has 0 aromatic carbocycles. The molecule has 0 atom stereocenters. The van der Waals surface area contributed by atoms with Gasteiger partial charge in [0.1, 0.15) is 0 Å². The van der Waals surface area contributed by atoms with Crippen LogP contribution in [0.1, 0.15) is 48.7 Å². The van der Waals surface area contributed by atoms with Gasteiger partial charge in [-0.05, 0) is 50.3 Å². The van der Waals surface area contributed by atoms with E-state index in [1.54, 1.807) is 6.07 Å². The lowest BCUT2D eigenvalue weighted by molar-refractivity contribution is 0.0687. The zero-order chi connectivity index (χ0) is 13.8. The quantitative estimate of drug-likeness (QED) is 0.906. The molecule has 1 aromatic rings. The van der Waals surface area contributed by atoms with Gasteiger partial charge in [-0.15, -0.1) is 0 Å². The summed E-state index contributed by atoms with van der Waals surface area (Å²) in [5, 5.41) is 9.14. The van der Waals surface area contributed by atoms with Crippen molar-refractivity contribution in [3.8, 4) is 0 Å². The molecule has 1 aromatic heterocycles. The molecule has 1 heterocycles. The van der Waals surface area contributed by atoms with Gasteiger partial charge in [-0.3, -0.25) is 4.90 Å². The summed E-state index contributed by atoms with van der Waals surface area (Å²) >= 11 is 0. The number of pyridine rings is 1. The largest absolute Gasteiger partial charge is 0.477 e. The molecule has 0 unspecified atom stereocenters. The van der Waals surface area contributed by atoms with Crippen molar-refractivity contribution in [3.63, 3.8) is 0 Å². The van der Waals surface area contributed by atoms with Crippen molar-refractivity contribution >= 4 is 5.97 Å². The maximum Gasteiger partial charge on any atom is 0.354 e. The first kappa shape index (κ1) is 14.0. The fourth-order valence-corrected chi connectivity index (χ4v) is 2.84. The van der Waals surface area contributed by atoms with Crippen LogP contribution in [0.4, 0.5) is 0 Å². The third kappa shape index (κ3) is 3.53. The van der Waals surface area contributed by atoms with E-state index in [4.69, 9.17) is 5.11 Å². The summed E-state index contributed by atoms with van der Waals surface area (Å²) in [5.74, 6) is -0.112. The highest BCUT2D eigenvalue weighted by Gasteiger charge is 2.23. The molecule has 0 radical (unpaired) electrons. The van der Waals surface area contributed by atoms with Gasteiger partial charge in [-0.2, -0.15) is 0 Å². The first-order valence-electron chi connectivity index (χ1n) is 6.95. The van der Waals surface area contributed by atoms with E-state index in [-0.39, 0.29) is 5.69 Å². The van der Waals surface area contributed by atoms with Crippen LogP contribution in [0.15, 0.2) is 18.3 Å². The highest BCUT2D eigenvalue weighted by molar-refractivity contribution is 5.86. The molecule has 0 spiro atoms. The van der Waals surface area contributed by atoms with Crippen LogP contribution >= 0.6 is 0 Å². The maximum absolute atomic E-state index is 11.1. The van der Waals surface area contributed by atoms with E-state index in [1.165, 1.54) is 31.9 Å². The maximum atomic E-state index is 11.1. The molecule has 4 nitrogen and oxygen atoms in total. The standard InChI is InChI=1S/C15H22N2O2/c1-11-5-7-13(8-6-11)17(2)10-12-4-3-9-16-14(12)15(18)19/h3-4,9,11,13H,5-8,10H2,1-2H3,(H,18,19). The fraction of sp³-hybridized carbons (Fsp3) is 0.600.